The Morgan fingerprint density at radius 3 is 2.25 bits per heavy atom. The summed E-state index contributed by atoms with van der Waals surface area (Å²) in [5, 5.41) is 4.01. The van der Waals surface area contributed by atoms with E-state index in [1.807, 2.05) is 32.4 Å². The monoisotopic (exact) mass is 775 g/mol. The Morgan fingerprint density at radius 2 is 1.62 bits per heavy atom. The van der Waals surface area contributed by atoms with Gasteiger partial charge in [0.15, 0.2) is 19.0 Å². The molecule has 0 aliphatic rings. The minimum absolute atomic E-state index is 0.0305. The van der Waals surface area contributed by atoms with Crippen LogP contribution in [-0.4, -0.2) is 50.6 Å². The molecule has 282 valence electrons. The zero-order chi connectivity index (χ0) is 38.6. The third-order valence-corrected chi connectivity index (χ3v) is 16.5. The van der Waals surface area contributed by atoms with Crippen molar-refractivity contribution in [3.05, 3.63) is 71.1 Å². The summed E-state index contributed by atoms with van der Waals surface area (Å²) in [6.07, 6.45) is 3.10. The molecular weight excluding hydrogens is 728 g/mol. The number of nitrogens with zero attached hydrogens (tertiary/aromatic N) is 3. The number of nitrogens with one attached hydrogen (secondary N) is 2. The Bertz CT molecular complexity index is 1990. The van der Waals surface area contributed by atoms with Gasteiger partial charge in [-0.25, -0.2) is 36.5 Å². The van der Waals surface area contributed by atoms with E-state index < -0.39 is 51.8 Å². The fourth-order valence-corrected chi connectivity index (χ4v) is 8.18. The Kier molecular flexibility index (Phi) is 12.8. The van der Waals surface area contributed by atoms with Crippen LogP contribution in [0.2, 0.25) is 18.1 Å². The first kappa shape index (κ1) is 41.1. The molecule has 0 unspecified atom stereocenters. The van der Waals surface area contributed by atoms with Crippen molar-refractivity contribution in [2.24, 2.45) is 5.92 Å². The molecule has 0 aliphatic heterocycles. The van der Waals surface area contributed by atoms with E-state index in [9.17, 15) is 22.0 Å². The quantitative estimate of drug-likeness (QED) is 0.115. The number of carbonyl (C=O) groups excluding carboxylic acids is 1. The van der Waals surface area contributed by atoms with Crippen molar-refractivity contribution in [2.75, 3.05) is 23.2 Å². The van der Waals surface area contributed by atoms with E-state index >= 15 is 4.39 Å². The van der Waals surface area contributed by atoms with Crippen molar-refractivity contribution in [3.63, 3.8) is 0 Å². The smallest absolute Gasteiger partial charge is 0.267 e. The third kappa shape index (κ3) is 10.1. The number of sulfonamides is 1. The first-order chi connectivity index (χ1) is 24.1. The zero-order valence-corrected chi connectivity index (χ0v) is 33.8. The molecule has 0 amide bonds. The first-order valence-electron chi connectivity index (χ1n) is 17.1. The molecule has 0 radical (unpaired) electrons. The zero-order valence-electron chi connectivity index (χ0n) is 31.2. The SMILES string of the molecule is C[C@H](CCC(=O)CCO[Si](C)(C)C(C)(C)C)CNc1nccc(-c2sc(C(C)(C)C)nc2-c2cccc(NS(=O)(=O)c3c(F)cccc3F)c2F)n1. The highest BCUT2D eigenvalue weighted by molar-refractivity contribution is 7.92. The summed E-state index contributed by atoms with van der Waals surface area (Å²) in [4.78, 5) is 25.7. The van der Waals surface area contributed by atoms with Crippen LogP contribution in [0.5, 0.6) is 0 Å². The average Bonchev–Trinajstić information content (AvgIpc) is 3.49. The molecule has 0 bridgehead atoms. The van der Waals surface area contributed by atoms with Gasteiger partial charge in [-0.05, 0) is 60.8 Å². The van der Waals surface area contributed by atoms with Gasteiger partial charge in [-0.1, -0.05) is 60.6 Å². The Balaban J connectivity index is 1.51. The number of ketones is 1. The van der Waals surface area contributed by atoms with Gasteiger partial charge in [0.1, 0.15) is 17.4 Å². The van der Waals surface area contributed by atoms with Gasteiger partial charge >= 0.3 is 0 Å². The molecule has 15 heteroatoms. The number of anilines is 2. The lowest BCUT2D eigenvalue weighted by atomic mass is 9.98. The van der Waals surface area contributed by atoms with Crippen LogP contribution >= 0.6 is 11.3 Å². The normalized spacial score (nSPS) is 13.2. The summed E-state index contributed by atoms with van der Waals surface area (Å²) >= 11 is 1.32. The minimum Gasteiger partial charge on any atom is -0.416 e. The van der Waals surface area contributed by atoms with Gasteiger partial charge in [0, 0.05) is 43.2 Å². The molecule has 4 aromatic rings. The van der Waals surface area contributed by atoms with Gasteiger partial charge in [-0.3, -0.25) is 9.52 Å². The highest BCUT2D eigenvalue weighted by Gasteiger charge is 2.37. The molecule has 2 N–H and O–H groups in total. The number of aromatic nitrogens is 3. The van der Waals surface area contributed by atoms with Gasteiger partial charge in [0.05, 0.1) is 27.0 Å². The summed E-state index contributed by atoms with van der Waals surface area (Å²) in [5.74, 6) is -2.94. The van der Waals surface area contributed by atoms with Crippen molar-refractivity contribution in [2.45, 2.75) is 96.2 Å². The van der Waals surface area contributed by atoms with Gasteiger partial charge in [-0.15, -0.1) is 11.3 Å². The molecule has 2 aromatic carbocycles. The Morgan fingerprint density at radius 1 is 0.962 bits per heavy atom. The van der Waals surface area contributed by atoms with Gasteiger partial charge in [-0.2, -0.15) is 0 Å². The number of hydrogen-bond donors (Lipinski definition) is 2. The predicted octanol–water partition coefficient (Wildman–Crippen LogP) is 9.59. The number of halogens is 3. The van der Waals surface area contributed by atoms with Crippen molar-refractivity contribution in [1.29, 1.82) is 0 Å². The molecule has 0 spiro atoms. The van der Waals surface area contributed by atoms with E-state index in [0.717, 1.165) is 24.3 Å². The molecule has 4 rings (SSSR count). The number of carbonyl (C=O) groups is 1. The van der Waals surface area contributed by atoms with Gasteiger partial charge < -0.3 is 9.74 Å². The molecule has 0 saturated carbocycles. The van der Waals surface area contributed by atoms with Crippen LogP contribution in [0.15, 0.2) is 53.6 Å². The summed E-state index contributed by atoms with van der Waals surface area (Å²) in [6, 6.07) is 8.36. The van der Waals surface area contributed by atoms with E-state index in [-0.39, 0.29) is 28.0 Å². The van der Waals surface area contributed by atoms with Crippen LogP contribution in [0.1, 0.15) is 72.7 Å². The first-order valence-corrected chi connectivity index (χ1v) is 22.3. The number of benzene rings is 2. The molecule has 2 aromatic heterocycles. The fraction of sp³-hybridized carbons (Fsp3) is 0.459. The molecule has 0 fully saturated rings. The maximum absolute atomic E-state index is 16.2. The summed E-state index contributed by atoms with van der Waals surface area (Å²) in [7, 11) is -6.73. The predicted molar refractivity (Wildman–Crippen MR) is 204 cm³/mol. The highest BCUT2D eigenvalue weighted by atomic mass is 32.2. The lowest BCUT2D eigenvalue weighted by Crippen LogP contribution is -2.41. The number of Topliss-reactive ketones (excluding diaryl/α,β-unsaturated/α-hetero) is 1. The van der Waals surface area contributed by atoms with Crippen molar-refractivity contribution >= 4 is 47.1 Å². The van der Waals surface area contributed by atoms with Crippen LogP contribution in [0.3, 0.4) is 0 Å². The lowest BCUT2D eigenvalue weighted by molar-refractivity contribution is -0.119. The Labute approximate surface area is 310 Å². The molecule has 0 aliphatic carbocycles. The standard InChI is InChI=1S/C37H48F3N5O4S2Si/c1-23(16-17-24(46)19-21-49-52(8,9)37(5,6)7)22-42-35-41-20-18-29(43-35)32-31(44-34(50-32)36(2,3)4)25-12-10-15-28(30(25)40)45-51(47,48)33-26(38)13-11-14-27(33)39/h10-15,18,20,23,45H,16-17,19,21-22H2,1-9H3,(H,41,42,43)/t23-/m1/s1. The highest BCUT2D eigenvalue weighted by Crippen LogP contribution is 2.42. The number of hydrogen-bond acceptors (Lipinski definition) is 9. The van der Waals surface area contributed by atoms with Crippen molar-refractivity contribution < 1.29 is 30.8 Å². The molecule has 52 heavy (non-hydrogen) atoms. The second-order valence-corrected chi connectivity index (χ2v) is 22.9. The fourth-order valence-electron chi connectivity index (χ4n) is 4.83. The largest absolute Gasteiger partial charge is 0.416 e. The van der Waals surface area contributed by atoms with E-state index in [1.165, 1.54) is 23.5 Å². The molecule has 2 heterocycles. The van der Waals surface area contributed by atoms with Crippen LogP contribution in [-0.2, 0) is 24.7 Å². The summed E-state index contributed by atoms with van der Waals surface area (Å²) < 4.78 is 79.0. The molecule has 1 atom stereocenters. The molecular formula is C37H48F3N5O4S2Si. The van der Waals surface area contributed by atoms with Gasteiger partial charge in [0.25, 0.3) is 10.0 Å². The van der Waals surface area contributed by atoms with E-state index in [0.29, 0.717) is 53.9 Å². The van der Waals surface area contributed by atoms with Crippen molar-refractivity contribution in [3.8, 4) is 21.8 Å². The molecule has 9 nitrogen and oxygen atoms in total. The summed E-state index contributed by atoms with van der Waals surface area (Å²) in [6.45, 7) is 19.7. The van der Waals surface area contributed by atoms with Crippen LogP contribution in [0.4, 0.5) is 24.8 Å². The van der Waals surface area contributed by atoms with Crippen LogP contribution < -0.4 is 10.0 Å². The second kappa shape index (κ2) is 16.1. The van der Waals surface area contributed by atoms with E-state index in [1.54, 1.807) is 12.3 Å². The van der Waals surface area contributed by atoms with E-state index in [4.69, 9.17) is 14.4 Å². The van der Waals surface area contributed by atoms with Crippen LogP contribution in [0.25, 0.3) is 21.8 Å². The third-order valence-electron chi connectivity index (χ3n) is 9.02. The molecule has 0 saturated heterocycles. The lowest BCUT2D eigenvalue weighted by Gasteiger charge is -2.36. The Hall–Kier alpha value is -3.66. The van der Waals surface area contributed by atoms with Gasteiger partial charge in [0.2, 0.25) is 5.95 Å². The van der Waals surface area contributed by atoms with Crippen molar-refractivity contribution in [1.82, 2.24) is 15.0 Å². The van der Waals surface area contributed by atoms with Crippen LogP contribution in [0, 0.1) is 23.4 Å². The minimum atomic E-state index is -4.83. The number of rotatable bonds is 15. The average molecular weight is 776 g/mol. The van der Waals surface area contributed by atoms with E-state index in [2.05, 4.69) is 44.2 Å². The summed E-state index contributed by atoms with van der Waals surface area (Å²) in [5.41, 5.74) is -0.273. The second-order valence-electron chi connectivity index (χ2n) is 15.5. The number of thiazole rings is 1. The maximum Gasteiger partial charge on any atom is 0.267 e. The topological polar surface area (TPSA) is 123 Å². The maximum atomic E-state index is 16.2.